The third-order valence-corrected chi connectivity index (χ3v) is 3.39. The van der Waals surface area contributed by atoms with Crippen LogP contribution in [0.2, 0.25) is 0 Å². The number of rotatable bonds is 6. The summed E-state index contributed by atoms with van der Waals surface area (Å²) >= 11 is 3.32. The maximum atomic E-state index is 11.9. The lowest BCUT2D eigenvalue weighted by molar-refractivity contribution is -0.122. The molecule has 0 aliphatic rings. The van der Waals surface area contributed by atoms with E-state index in [-0.39, 0.29) is 11.9 Å². The number of nitrogens with zero attached hydrogens (tertiary/aromatic N) is 4. The third-order valence-electron chi connectivity index (χ3n) is 2.98. The highest BCUT2D eigenvalue weighted by atomic mass is 79.9. The summed E-state index contributed by atoms with van der Waals surface area (Å²) in [6.07, 6.45) is 5.86. The van der Waals surface area contributed by atoms with E-state index in [1.165, 1.54) is 0 Å². The van der Waals surface area contributed by atoms with Crippen molar-refractivity contribution in [3.05, 3.63) is 34.8 Å². The molecule has 2 heterocycles. The molecule has 0 fully saturated rings. The van der Waals surface area contributed by atoms with Gasteiger partial charge in [-0.05, 0) is 35.8 Å². The molecule has 0 saturated carbocycles. The zero-order valence-electron chi connectivity index (χ0n) is 11.6. The zero-order valence-corrected chi connectivity index (χ0v) is 13.2. The molecule has 2 aromatic rings. The highest BCUT2D eigenvalue weighted by Gasteiger charge is 2.12. The minimum atomic E-state index is -0.0837. The van der Waals surface area contributed by atoms with Crippen LogP contribution in [-0.2, 0) is 17.9 Å². The summed E-state index contributed by atoms with van der Waals surface area (Å²) in [5, 5.41) is 11.4. The Hall–Kier alpha value is -1.63. The lowest BCUT2D eigenvalue weighted by atomic mass is 10.2. The molecular weight excluding hydrogens is 322 g/mol. The molecule has 0 saturated heterocycles. The van der Waals surface area contributed by atoms with Crippen molar-refractivity contribution in [2.45, 2.75) is 39.4 Å². The molecule has 2 aromatic heterocycles. The molecule has 1 N–H and O–H groups in total. The maximum absolute atomic E-state index is 11.9. The number of hydrogen-bond acceptors (Lipinski definition) is 3. The lowest BCUT2D eigenvalue weighted by Gasteiger charge is -2.11. The molecule has 1 atom stereocenters. The van der Waals surface area contributed by atoms with Crippen LogP contribution in [0.5, 0.6) is 0 Å². The van der Waals surface area contributed by atoms with Crippen LogP contribution in [0.4, 0.5) is 0 Å². The van der Waals surface area contributed by atoms with Crippen LogP contribution >= 0.6 is 15.9 Å². The van der Waals surface area contributed by atoms with Gasteiger partial charge in [-0.3, -0.25) is 14.2 Å². The van der Waals surface area contributed by atoms with E-state index >= 15 is 0 Å². The Labute approximate surface area is 126 Å². The summed E-state index contributed by atoms with van der Waals surface area (Å²) in [7, 11) is 0. The number of nitrogens with one attached hydrogen (secondary N) is 1. The topological polar surface area (TPSA) is 64.7 Å². The van der Waals surface area contributed by atoms with Gasteiger partial charge in [0, 0.05) is 31.9 Å². The van der Waals surface area contributed by atoms with Gasteiger partial charge >= 0.3 is 0 Å². The number of carbonyl (C=O) groups is 1. The standard InChI is InChI=1S/C13H18BrN5O/c1-3-18-6-4-12(17-18)10(2)16-13(20)5-7-19-9-11(14)8-15-19/h4,6,8-10H,3,5,7H2,1-2H3,(H,16,20). The molecule has 1 amide bonds. The van der Waals surface area contributed by atoms with Gasteiger partial charge in [0.2, 0.25) is 5.91 Å². The van der Waals surface area contributed by atoms with E-state index in [4.69, 9.17) is 0 Å². The van der Waals surface area contributed by atoms with Crippen molar-refractivity contribution in [2.75, 3.05) is 0 Å². The molecule has 20 heavy (non-hydrogen) atoms. The molecule has 1 unspecified atom stereocenters. The summed E-state index contributed by atoms with van der Waals surface area (Å²) in [5.74, 6) is -0.00447. The molecule has 0 aliphatic carbocycles. The Kier molecular flexibility index (Phi) is 4.94. The maximum Gasteiger partial charge on any atom is 0.222 e. The van der Waals surface area contributed by atoms with Gasteiger partial charge in [-0.15, -0.1) is 0 Å². The van der Waals surface area contributed by atoms with Crippen molar-refractivity contribution in [1.82, 2.24) is 24.9 Å². The zero-order chi connectivity index (χ0) is 14.5. The normalized spacial score (nSPS) is 12.3. The van der Waals surface area contributed by atoms with Crippen molar-refractivity contribution in [3.8, 4) is 0 Å². The fourth-order valence-corrected chi connectivity index (χ4v) is 2.18. The molecule has 6 nitrogen and oxygen atoms in total. The van der Waals surface area contributed by atoms with E-state index in [1.807, 2.05) is 37.0 Å². The van der Waals surface area contributed by atoms with Crippen molar-refractivity contribution < 1.29 is 4.79 Å². The van der Waals surface area contributed by atoms with Crippen molar-refractivity contribution in [2.24, 2.45) is 0 Å². The Bertz CT molecular complexity index is 577. The van der Waals surface area contributed by atoms with Crippen molar-refractivity contribution in [3.63, 3.8) is 0 Å². The molecular formula is C13H18BrN5O. The summed E-state index contributed by atoms with van der Waals surface area (Å²) in [4.78, 5) is 11.9. The first-order chi connectivity index (χ1) is 9.58. The highest BCUT2D eigenvalue weighted by Crippen LogP contribution is 2.10. The monoisotopic (exact) mass is 339 g/mol. The average Bonchev–Trinajstić information content (AvgIpc) is 3.05. The summed E-state index contributed by atoms with van der Waals surface area (Å²) < 4.78 is 4.50. The van der Waals surface area contributed by atoms with Gasteiger partial charge in [0.15, 0.2) is 0 Å². The highest BCUT2D eigenvalue weighted by molar-refractivity contribution is 9.10. The number of carbonyl (C=O) groups excluding carboxylic acids is 1. The summed E-state index contributed by atoms with van der Waals surface area (Å²) in [6, 6.07) is 1.85. The number of aromatic nitrogens is 4. The molecule has 0 aromatic carbocycles. The molecule has 0 aliphatic heterocycles. The van der Waals surface area contributed by atoms with E-state index in [0.29, 0.717) is 13.0 Å². The van der Waals surface area contributed by atoms with E-state index in [9.17, 15) is 4.79 Å². The van der Waals surface area contributed by atoms with Gasteiger partial charge in [0.1, 0.15) is 0 Å². The number of amides is 1. The van der Waals surface area contributed by atoms with Crippen molar-refractivity contribution in [1.29, 1.82) is 0 Å². The average molecular weight is 340 g/mol. The quantitative estimate of drug-likeness (QED) is 0.876. The Morgan fingerprint density at radius 2 is 2.30 bits per heavy atom. The van der Waals surface area contributed by atoms with Crippen LogP contribution in [0, 0.1) is 0 Å². The van der Waals surface area contributed by atoms with E-state index in [1.54, 1.807) is 10.9 Å². The Morgan fingerprint density at radius 3 is 2.90 bits per heavy atom. The molecule has 0 bridgehead atoms. The van der Waals surface area contributed by atoms with Crippen LogP contribution in [0.15, 0.2) is 29.1 Å². The molecule has 2 rings (SSSR count). The largest absolute Gasteiger partial charge is 0.348 e. The Morgan fingerprint density at radius 1 is 1.50 bits per heavy atom. The van der Waals surface area contributed by atoms with Crippen molar-refractivity contribution >= 4 is 21.8 Å². The van der Waals surface area contributed by atoms with Gasteiger partial charge in [-0.2, -0.15) is 10.2 Å². The molecule has 7 heteroatoms. The SMILES string of the molecule is CCn1ccc(C(C)NC(=O)CCn2cc(Br)cn2)n1. The number of hydrogen-bond donors (Lipinski definition) is 1. The van der Waals surface area contributed by atoms with Crippen LogP contribution in [0.1, 0.15) is 32.0 Å². The first kappa shape index (κ1) is 14.8. The van der Waals surface area contributed by atoms with E-state index in [0.717, 1.165) is 16.7 Å². The molecule has 0 spiro atoms. The Balaban J connectivity index is 1.81. The second kappa shape index (κ2) is 6.69. The molecule has 108 valence electrons. The van der Waals surface area contributed by atoms with Gasteiger partial charge in [-0.1, -0.05) is 0 Å². The predicted octanol–water partition coefficient (Wildman–Crippen LogP) is 2.13. The predicted molar refractivity (Wildman–Crippen MR) is 79.0 cm³/mol. The fraction of sp³-hybridized carbons (Fsp3) is 0.462. The smallest absolute Gasteiger partial charge is 0.222 e. The van der Waals surface area contributed by atoms with Crippen LogP contribution in [0.3, 0.4) is 0 Å². The van der Waals surface area contributed by atoms with Crippen LogP contribution < -0.4 is 5.32 Å². The van der Waals surface area contributed by atoms with Crippen LogP contribution in [-0.4, -0.2) is 25.5 Å². The second-order valence-corrected chi connectivity index (χ2v) is 5.47. The summed E-state index contributed by atoms with van der Waals surface area (Å²) in [5.41, 5.74) is 0.877. The summed E-state index contributed by atoms with van der Waals surface area (Å²) in [6.45, 7) is 5.36. The lowest BCUT2D eigenvalue weighted by Crippen LogP contribution is -2.27. The van der Waals surface area contributed by atoms with Gasteiger partial charge in [0.25, 0.3) is 0 Å². The molecule has 0 radical (unpaired) electrons. The fourth-order valence-electron chi connectivity index (χ4n) is 1.85. The van der Waals surface area contributed by atoms with E-state index in [2.05, 4.69) is 31.4 Å². The van der Waals surface area contributed by atoms with E-state index < -0.39 is 0 Å². The third kappa shape index (κ3) is 3.93. The first-order valence-electron chi connectivity index (χ1n) is 6.59. The van der Waals surface area contributed by atoms with Gasteiger partial charge < -0.3 is 5.32 Å². The number of halogens is 1. The first-order valence-corrected chi connectivity index (χ1v) is 7.38. The van der Waals surface area contributed by atoms with Crippen LogP contribution in [0.25, 0.3) is 0 Å². The second-order valence-electron chi connectivity index (χ2n) is 4.56. The number of aryl methyl sites for hydroxylation is 2. The minimum Gasteiger partial charge on any atom is -0.348 e. The van der Waals surface area contributed by atoms with Gasteiger partial charge in [-0.25, -0.2) is 0 Å². The van der Waals surface area contributed by atoms with Gasteiger partial charge in [0.05, 0.1) is 22.4 Å². The minimum absolute atomic E-state index is 0.00447.